The maximum Gasteiger partial charge on any atom is 0.311 e. The highest BCUT2D eigenvalue weighted by Gasteiger charge is 2.18. The Morgan fingerprint density at radius 3 is 2.81 bits per heavy atom. The van der Waals surface area contributed by atoms with Crippen molar-refractivity contribution >= 4 is 28.1 Å². The summed E-state index contributed by atoms with van der Waals surface area (Å²) in [6.45, 7) is 1.93. The first-order valence-electron chi connectivity index (χ1n) is 6.01. The molecule has 0 aliphatic carbocycles. The van der Waals surface area contributed by atoms with Gasteiger partial charge in [0, 0.05) is 11.6 Å². The van der Waals surface area contributed by atoms with Gasteiger partial charge in [0.1, 0.15) is 5.01 Å². The van der Waals surface area contributed by atoms with Crippen LogP contribution in [0.4, 0.5) is 10.8 Å². The molecule has 2 aromatic rings. The molecule has 0 saturated carbocycles. The molecule has 1 amide bonds. The third kappa shape index (κ3) is 3.31. The van der Waals surface area contributed by atoms with Crippen LogP contribution in [0.2, 0.25) is 0 Å². The first-order chi connectivity index (χ1) is 10.0. The first-order valence-corrected chi connectivity index (χ1v) is 6.83. The lowest BCUT2D eigenvalue weighted by molar-refractivity contribution is -0.385. The minimum absolute atomic E-state index is 0.0979. The molecule has 0 bridgehead atoms. The molecule has 0 atom stereocenters. The standard InChI is InChI=1S/C12H12N4O4S/c1-3-10-14-15-12(21-10)13-11(17)7-4-5-9(20-2)8(6-7)16(18)19/h4-6H,3H2,1-2H3,(H,13,15,17). The SMILES string of the molecule is CCc1nnc(NC(=O)c2ccc(OC)c([N+](=O)[O-])c2)s1. The molecule has 1 N–H and O–H groups in total. The summed E-state index contributed by atoms with van der Waals surface area (Å²) in [7, 11) is 1.33. The van der Waals surface area contributed by atoms with Crippen molar-refractivity contribution in [2.24, 2.45) is 0 Å². The van der Waals surface area contributed by atoms with Crippen molar-refractivity contribution < 1.29 is 14.5 Å². The van der Waals surface area contributed by atoms with Gasteiger partial charge in [-0.25, -0.2) is 0 Å². The fraction of sp³-hybridized carbons (Fsp3) is 0.250. The van der Waals surface area contributed by atoms with Crippen LogP contribution in [0.15, 0.2) is 18.2 Å². The number of nitro groups is 1. The Labute approximate surface area is 123 Å². The zero-order valence-electron chi connectivity index (χ0n) is 11.3. The van der Waals surface area contributed by atoms with Crippen LogP contribution >= 0.6 is 11.3 Å². The number of anilines is 1. The minimum Gasteiger partial charge on any atom is -0.490 e. The molecule has 9 heteroatoms. The average Bonchev–Trinajstić information content (AvgIpc) is 2.94. The van der Waals surface area contributed by atoms with Gasteiger partial charge in [-0.05, 0) is 18.6 Å². The van der Waals surface area contributed by atoms with Crippen molar-refractivity contribution in [3.05, 3.63) is 38.9 Å². The van der Waals surface area contributed by atoms with Crippen molar-refractivity contribution in [2.45, 2.75) is 13.3 Å². The number of nitrogens with one attached hydrogen (secondary N) is 1. The van der Waals surface area contributed by atoms with E-state index in [0.29, 0.717) is 5.13 Å². The average molecular weight is 308 g/mol. The van der Waals surface area contributed by atoms with Gasteiger partial charge in [-0.15, -0.1) is 10.2 Å². The molecule has 21 heavy (non-hydrogen) atoms. The van der Waals surface area contributed by atoms with Gasteiger partial charge in [0.25, 0.3) is 5.91 Å². The van der Waals surface area contributed by atoms with E-state index in [-0.39, 0.29) is 17.0 Å². The van der Waals surface area contributed by atoms with Crippen molar-refractivity contribution in [3.8, 4) is 5.75 Å². The molecular weight excluding hydrogens is 296 g/mol. The van der Waals surface area contributed by atoms with Gasteiger partial charge in [0.05, 0.1) is 12.0 Å². The van der Waals surface area contributed by atoms with Crippen LogP contribution in [0.5, 0.6) is 5.75 Å². The third-order valence-electron chi connectivity index (χ3n) is 2.63. The summed E-state index contributed by atoms with van der Waals surface area (Å²) in [6.07, 6.45) is 0.724. The largest absolute Gasteiger partial charge is 0.490 e. The van der Waals surface area contributed by atoms with Crippen molar-refractivity contribution in [1.29, 1.82) is 0 Å². The molecule has 1 aromatic heterocycles. The zero-order chi connectivity index (χ0) is 15.4. The van der Waals surface area contributed by atoms with Gasteiger partial charge in [0.15, 0.2) is 5.75 Å². The van der Waals surface area contributed by atoms with Gasteiger partial charge < -0.3 is 4.74 Å². The molecule has 0 radical (unpaired) electrons. The van der Waals surface area contributed by atoms with Gasteiger partial charge in [0.2, 0.25) is 5.13 Å². The molecule has 0 aliphatic rings. The summed E-state index contributed by atoms with van der Waals surface area (Å²) in [5, 5.41) is 22.3. The van der Waals surface area contributed by atoms with E-state index in [9.17, 15) is 14.9 Å². The predicted molar refractivity (Wildman–Crippen MR) is 76.9 cm³/mol. The molecule has 2 rings (SSSR count). The van der Waals surface area contributed by atoms with Crippen molar-refractivity contribution in [1.82, 2.24) is 10.2 Å². The summed E-state index contributed by atoms with van der Waals surface area (Å²) in [4.78, 5) is 22.4. The number of hydrogen-bond acceptors (Lipinski definition) is 7. The maximum atomic E-state index is 12.1. The Bertz CT molecular complexity index is 686. The van der Waals surface area contributed by atoms with E-state index >= 15 is 0 Å². The number of ether oxygens (including phenoxy) is 1. The van der Waals surface area contributed by atoms with Crippen molar-refractivity contribution in [3.63, 3.8) is 0 Å². The van der Waals surface area contributed by atoms with Crippen LogP contribution < -0.4 is 10.1 Å². The molecular formula is C12H12N4O4S. The van der Waals surface area contributed by atoms with E-state index in [1.54, 1.807) is 0 Å². The number of hydrogen-bond donors (Lipinski definition) is 1. The quantitative estimate of drug-likeness (QED) is 0.670. The zero-order valence-corrected chi connectivity index (χ0v) is 12.1. The first kappa shape index (κ1) is 14.9. The Morgan fingerprint density at radius 1 is 1.48 bits per heavy atom. The number of carbonyl (C=O) groups is 1. The monoisotopic (exact) mass is 308 g/mol. The summed E-state index contributed by atoms with van der Waals surface area (Å²) >= 11 is 1.26. The highest BCUT2D eigenvalue weighted by atomic mass is 32.1. The van der Waals surface area contributed by atoms with E-state index < -0.39 is 10.8 Å². The van der Waals surface area contributed by atoms with E-state index in [1.165, 1.54) is 30.6 Å². The Kier molecular flexibility index (Phi) is 4.43. The Hall–Kier alpha value is -2.55. The second-order valence-electron chi connectivity index (χ2n) is 3.95. The number of aromatic nitrogens is 2. The third-order valence-corrected chi connectivity index (χ3v) is 3.61. The molecule has 1 aromatic carbocycles. The summed E-state index contributed by atoms with van der Waals surface area (Å²) in [5.74, 6) is -0.389. The van der Waals surface area contributed by atoms with E-state index in [4.69, 9.17) is 4.74 Å². The molecule has 0 aliphatic heterocycles. The summed E-state index contributed by atoms with van der Waals surface area (Å²) < 4.78 is 4.88. The molecule has 0 saturated heterocycles. The molecule has 0 spiro atoms. The lowest BCUT2D eigenvalue weighted by Crippen LogP contribution is -2.12. The fourth-order valence-corrected chi connectivity index (χ4v) is 2.26. The number of carbonyl (C=O) groups excluding carboxylic acids is 1. The van der Waals surface area contributed by atoms with Crippen LogP contribution in [0.1, 0.15) is 22.3 Å². The van der Waals surface area contributed by atoms with Crippen LogP contribution in [0, 0.1) is 10.1 Å². The molecule has 8 nitrogen and oxygen atoms in total. The van der Waals surface area contributed by atoms with Gasteiger partial charge in [-0.1, -0.05) is 18.3 Å². The molecule has 0 unspecified atom stereocenters. The number of methoxy groups -OCH3 is 1. The Balaban J connectivity index is 2.22. The van der Waals surface area contributed by atoms with E-state index in [0.717, 1.165) is 17.5 Å². The summed E-state index contributed by atoms with van der Waals surface area (Å²) in [6, 6.07) is 3.99. The van der Waals surface area contributed by atoms with E-state index in [1.807, 2.05) is 6.92 Å². The highest BCUT2D eigenvalue weighted by Crippen LogP contribution is 2.28. The fourth-order valence-electron chi connectivity index (χ4n) is 1.59. The second kappa shape index (κ2) is 6.27. The maximum absolute atomic E-state index is 12.1. The lowest BCUT2D eigenvalue weighted by Gasteiger charge is -2.04. The molecule has 1 heterocycles. The van der Waals surface area contributed by atoms with Crippen LogP contribution in [-0.4, -0.2) is 28.1 Å². The van der Waals surface area contributed by atoms with Crippen molar-refractivity contribution in [2.75, 3.05) is 12.4 Å². The minimum atomic E-state index is -0.601. The van der Waals surface area contributed by atoms with E-state index in [2.05, 4.69) is 15.5 Å². The number of rotatable bonds is 5. The van der Waals surface area contributed by atoms with Gasteiger partial charge >= 0.3 is 5.69 Å². The number of nitro benzene ring substituents is 1. The molecule has 110 valence electrons. The number of amides is 1. The number of nitrogens with zero attached hydrogens (tertiary/aromatic N) is 3. The second-order valence-corrected chi connectivity index (χ2v) is 5.01. The highest BCUT2D eigenvalue weighted by molar-refractivity contribution is 7.15. The predicted octanol–water partition coefficient (Wildman–Crippen LogP) is 2.27. The van der Waals surface area contributed by atoms with Gasteiger partial charge in [-0.2, -0.15) is 0 Å². The van der Waals surface area contributed by atoms with Crippen LogP contribution in [-0.2, 0) is 6.42 Å². The normalized spacial score (nSPS) is 10.2. The summed E-state index contributed by atoms with van der Waals surface area (Å²) in [5.41, 5.74) is -0.118. The topological polar surface area (TPSA) is 107 Å². The lowest BCUT2D eigenvalue weighted by atomic mass is 10.2. The van der Waals surface area contributed by atoms with Crippen LogP contribution in [0.3, 0.4) is 0 Å². The van der Waals surface area contributed by atoms with Crippen LogP contribution in [0.25, 0.3) is 0 Å². The smallest absolute Gasteiger partial charge is 0.311 e. The molecule has 0 fully saturated rings. The van der Waals surface area contributed by atoms with Gasteiger partial charge in [-0.3, -0.25) is 20.2 Å². The Morgan fingerprint density at radius 2 is 2.24 bits per heavy atom. The number of benzene rings is 1. The number of aryl methyl sites for hydroxylation is 1.